The summed E-state index contributed by atoms with van der Waals surface area (Å²) in [5, 5.41) is 0. The summed E-state index contributed by atoms with van der Waals surface area (Å²) in [5.74, 6) is 1.55. The molecule has 0 aromatic heterocycles. The maximum atomic E-state index is 5.54. The van der Waals surface area contributed by atoms with Crippen molar-refractivity contribution in [3.8, 4) is 5.75 Å². The molecule has 0 aliphatic heterocycles. The maximum absolute atomic E-state index is 5.54. The van der Waals surface area contributed by atoms with E-state index in [1.807, 2.05) is 19.1 Å². The van der Waals surface area contributed by atoms with E-state index in [1.54, 1.807) is 0 Å². The number of hydrogen-bond donors (Lipinski definition) is 0. The lowest BCUT2D eigenvalue weighted by Gasteiger charge is -2.10. The average Bonchev–Trinajstić information content (AvgIpc) is 2.26. The van der Waals surface area contributed by atoms with Crippen molar-refractivity contribution in [2.75, 3.05) is 6.61 Å². The maximum Gasteiger partial charge on any atom is 0.119 e. The van der Waals surface area contributed by atoms with Crippen molar-refractivity contribution in [1.82, 2.24) is 0 Å². The van der Waals surface area contributed by atoms with Crippen LogP contribution in [0.4, 0.5) is 0 Å². The molecule has 1 heteroatoms. The van der Waals surface area contributed by atoms with Crippen LogP contribution in [-0.4, -0.2) is 6.61 Å². The Kier molecular flexibility index (Phi) is 4.41. The highest BCUT2D eigenvalue weighted by Gasteiger charge is 2.02. The Morgan fingerprint density at radius 2 is 1.93 bits per heavy atom. The van der Waals surface area contributed by atoms with Gasteiger partial charge in [0.25, 0.3) is 0 Å². The van der Waals surface area contributed by atoms with Crippen molar-refractivity contribution in [2.24, 2.45) is 0 Å². The molecule has 1 atom stereocenters. The summed E-state index contributed by atoms with van der Waals surface area (Å²) in [7, 11) is 0. The van der Waals surface area contributed by atoms with E-state index < -0.39 is 0 Å². The molecule has 1 unspecified atom stereocenters. The molecule has 0 fully saturated rings. The minimum absolute atomic E-state index is 0.600. The van der Waals surface area contributed by atoms with Crippen LogP contribution in [0.15, 0.2) is 36.4 Å². The Hall–Kier alpha value is -1.24. The van der Waals surface area contributed by atoms with Crippen LogP contribution in [0.3, 0.4) is 0 Å². The third-order valence-electron chi connectivity index (χ3n) is 2.55. The molecule has 1 aromatic rings. The van der Waals surface area contributed by atoms with Gasteiger partial charge in [0.05, 0.1) is 0 Å². The minimum atomic E-state index is 0.600. The van der Waals surface area contributed by atoms with E-state index in [9.17, 15) is 0 Å². The van der Waals surface area contributed by atoms with Crippen LogP contribution in [-0.2, 0) is 0 Å². The predicted molar refractivity (Wildman–Crippen MR) is 65.5 cm³/mol. The molecule has 0 saturated heterocycles. The van der Waals surface area contributed by atoms with Crippen LogP contribution in [0.5, 0.6) is 5.75 Å². The highest BCUT2D eigenvalue weighted by atomic mass is 16.5. The molecular formula is C14H20O. The molecule has 0 amide bonds. The molecule has 1 aromatic carbocycles. The van der Waals surface area contributed by atoms with E-state index in [1.165, 1.54) is 12.0 Å². The second-order valence-corrected chi connectivity index (χ2v) is 4.12. The highest BCUT2D eigenvalue weighted by molar-refractivity contribution is 5.29. The van der Waals surface area contributed by atoms with Crippen molar-refractivity contribution >= 4 is 0 Å². The lowest BCUT2D eigenvalue weighted by atomic mass is 9.99. The quantitative estimate of drug-likeness (QED) is 0.654. The van der Waals surface area contributed by atoms with Gasteiger partial charge in [-0.3, -0.25) is 0 Å². The first kappa shape index (κ1) is 11.8. The zero-order chi connectivity index (χ0) is 11.3. The minimum Gasteiger partial charge on any atom is -0.489 e. The molecule has 0 bridgehead atoms. The Morgan fingerprint density at radius 1 is 1.33 bits per heavy atom. The van der Waals surface area contributed by atoms with Crippen LogP contribution < -0.4 is 4.74 Å². The summed E-state index contributed by atoms with van der Waals surface area (Å²) in [5.41, 5.74) is 2.42. The highest BCUT2D eigenvalue weighted by Crippen LogP contribution is 2.21. The number of rotatable bonds is 5. The normalized spacial score (nSPS) is 12.2. The molecule has 0 radical (unpaired) electrons. The van der Waals surface area contributed by atoms with E-state index >= 15 is 0 Å². The van der Waals surface area contributed by atoms with E-state index in [-0.39, 0.29) is 0 Å². The topological polar surface area (TPSA) is 9.23 Å². The Bertz CT molecular complexity index is 311. The van der Waals surface area contributed by atoms with Gasteiger partial charge in [0.15, 0.2) is 0 Å². The monoisotopic (exact) mass is 204 g/mol. The van der Waals surface area contributed by atoms with Crippen LogP contribution in [0, 0.1) is 0 Å². The SMILES string of the molecule is C=C(C)COc1ccc(C(C)CC)cc1. The number of hydrogen-bond acceptors (Lipinski definition) is 1. The van der Waals surface area contributed by atoms with Gasteiger partial charge < -0.3 is 4.74 Å². The van der Waals surface area contributed by atoms with Gasteiger partial charge in [-0.1, -0.05) is 32.6 Å². The first-order valence-electron chi connectivity index (χ1n) is 5.50. The molecule has 15 heavy (non-hydrogen) atoms. The van der Waals surface area contributed by atoms with Gasteiger partial charge in [-0.15, -0.1) is 0 Å². The van der Waals surface area contributed by atoms with Crippen LogP contribution in [0.2, 0.25) is 0 Å². The molecular weight excluding hydrogens is 184 g/mol. The molecule has 0 N–H and O–H groups in total. The Balaban J connectivity index is 2.60. The lowest BCUT2D eigenvalue weighted by molar-refractivity contribution is 0.352. The summed E-state index contributed by atoms with van der Waals surface area (Å²) in [6.07, 6.45) is 1.17. The van der Waals surface area contributed by atoms with Crippen molar-refractivity contribution in [2.45, 2.75) is 33.1 Å². The Morgan fingerprint density at radius 3 is 2.40 bits per heavy atom. The van der Waals surface area contributed by atoms with Crippen molar-refractivity contribution in [3.63, 3.8) is 0 Å². The lowest BCUT2D eigenvalue weighted by Crippen LogP contribution is -1.98. The molecule has 0 aliphatic carbocycles. The van der Waals surface area contributed by atoms with E-state index in [4.69, 9.17) is 4.74 Å². The summed E-state index contributed by atoms with van der Waals surface area (Å²) in [6.45, 7) is 10.8. The number of benzene rings is 1. The predicted octanol–water partition coefficient (Wildman–Crippen LogP) is 4.16. The third-order valence-corrected chi connectivity index (χ3v) is 2.55. The standard InChI is InChI=1S/C14H20O/c1-5-12(4)13-6-8-14(9-7-13)15-10-11(2)3/h6-9,12H,2,5,10H2,1,3-4H3. The fourth-order valence-corrected chi connectivity index (χ4v) is 1.33. The summed E-state index contributed by atoms with van der Waals surface area (Å²) in [6, 6.07) is 8.35. The van der Waals surface area contributed by atoms with Crippen molar-refractivity contribution in [3.05, 3.63) is 42.0 Å². The summed E-state index contributed by atoms with van der Waals surface area (Å²) >= 11 is 0. The molecule has 82 valence electrons. The van der Waals surface area contributed by atoms with Gasteiger partial charge in [-0.05, 0) is 42.5 Å². The summed E-state index contributed by atoms with van der Waals surface area (Å²) in [4.78, 5) is 0. The second-order valence-electron chi connectivity index (χ2n) is 4.12. The van der Waals surface area contributed by atoms with Gasteiger partial charge in [-0.25, -0.2) is 0 Å². The van der Waals surface area contributed by atoms with E-state index in [0.717, 1.165) is 11.3 Å². The molecule has 0 spiro atoms. The largest absolute Gasteiger partial charge is 0.489 e. The van der Waals surface area contributed by atoms with E-state index in [0.29, 0.717) is 12.5 Å². The van der Waals surface area contributed by atoms with Gasteiger partial charge >= 0.3 is 0 Å². The van der Waals surface area contributed by atoms with Gasteiger partial charge in [0, 0.05) is 0 Å². The number of ether oxygens (including phenoxy) is 1. The van der Waals surface area contributed by atoms with Crippen LogP contribution >= 0.6 is 0 Å². The summed E-state index contributed by atoms with van der Waals surface area (Å²) < 4.78 is 5.54. The third kappa shape index (κ3) is 3.78. The van der Waals surface area contributed by atoms with Crippen molar-refractivity contribution in [1.29, 1.82) is 0 Å². The molecule has 0 heterocycles. The first-order chi connectivity index (χ1) is 7.13. The Labute approximate surface area is 92.8 Å². The van der Waals surface area contributed by atoms with Crippen molar-refractivity contribution < 1.29 is 4.74 Å². The molecule has 0 saturated carbocycles. The molecule has 1 nitrogen and oxygen atoms in total. The second kappa shape index (κ2) is 5.59. The van der Waals surface area contributed by atoms with Gasteiger partial charge in [0.1, 0.15) is 12.4 Å². The smallest absolute Gasteiger partial charge is 0.119 e. The average molecular weight is 204 g/mol. The zero-order valence-corrected chi connectivity index (χ0v) is 9.92. The van der Waals surface area contributed by atoms with Crippen LogP contribution in [0.1, 0.15) is 38.7 Å². The van der Waals surface area contributed by atoms with Gasteiger partial charge in [-0.2, -0.15) is 0 Å². The first-order valence-corrected chi connectivity index (χ1v) is 5.50. The van der Waals surface area contributed by atoms with E-state index in [2.05, 4.69) is 32.6 Å². The van der Waals surface area contributed by atoms with Crippen LogP contribution in [0.25, 0.3) is 0 Å². The zero-order valence-electron chi connectivity index (χ0n) is 9.92. The van der Waals surface area contributed by atoms with Gasteiger partial charge in [0.2, 0.25) is 0 Å². The molecule has 1 rings (SSSR count). The fraction of sp³-hybridized carbons (Fsp3) is 0.429. The molecule has 0 aliphatic rings. The fourth-order valence-electron chi connectivity index (χ4n) is 1.33.